The summed E-state index contributed by atoms with van der Waals surface area (Å²) in [5.74, 6) is 0.819. The lowest BCUT2D eigenvalue weighted by molar-refractivity contribution is -0.122. The first kappa shape index (κ1) is 19.0. The first-order valence-electron chi connectivity index (χ1n) is 8.79. The summed E-state index contributed by atoms with van der Waals surface area (Å²) in [7, 11) is 1.59. The second-order valence-electron chi connectivity index (χ2n) is 6.56. The summed E-state index contributed by atoms with van der Waals surface area (Å²) in [4.78, 5) is 17.1. The molecule has 2 aromatic rings. The van der Waals surface area contributed by atoms with E-state index in [1.54, 1.807) is 19.2 Å². The summed E-state index contributed by atoms with van der Waals surface area (Å²) in [6.45, 7) is 2.36. The Morgan fingerprint density at radius 2 is 2.08 bits per heavy atom. The molecule has 0 radical (unpaired) electrons. The van der Waals surface area contributed by atoms with Crippen LogP contribution in [0, 0.1) is 0 Å². The van der Waals surface area contributed by atoms with Crippen LogP contribution >= 0.6 is 23.2 Å². The lowest BCUT2D eigenvalue weighted by Gasteiger charge is -2.17. The SMILES string of the molecule is CCC(C(=O)NCc1cc(C2CC2)cnc1OC)c1ccc(Cl)c(Cl)c1. The van der Waals surface area contributed by atoms with Gasteiger partial charge in [0, 0.05) is 18.3 Å². The minimum absolute atomic E-state index is 0.0511. The second-order valence-corrected chi connectivity index (χ2v) is 7.38. The van der Waals surface area contributed by atoms with Gasteiger partial charge in [-0.05, 0) is 54.5 Å². The van der Waals surface area contributed by atoms with Crippen LogP contribution in [0.1, 0.15) is 54.7 Å². The Bertz CT molecular complexity index is 806. The third kappa shape index (κ3) is 4.30. The lowest BCUT2D eigenvalue weighted by Crippen LogP contribution is -2.29. The van der Waals surface area contributed by atoms with Gasteiger partial charge in [0.25, 0.3) is 0 Å². The van der Waals surface area contributed by atoms with E-state index < -0.39 is 0 Å². The summed E-state index contributed by atoms with van der Waals surface area (Å²) in [6, 6.07) is 7.41. The maximum absolute atomic E-state index is 12.7. The molecule has 1 atom stereocenters. The van der Waals surface area contributed by atoms with Crippen LogP contribution in [0.15, 0.2) is 30.5 Å². The molecule has 0 bridgehead atoms. The van der Waals surface area contributed by atoms with Gasteiger partial charge in [-0.1, -0.05) is 36.2 Å². The second kappa shape index (κ2) is 8.28. The number of carbonyl (C=O) groups excluding carboxylic acids is 1. The van der Waals surface area contributed by atoms with E-state index in [4.69, 9.17) is 27.9 Å². The Hall–Kier alpha value is -1.78. The zero-order valence-corrected chi connectivity index (χ0v) is 16.4. The molecule has 1 amide bonds. The van der Waals surface area contributed by atoms with Crippen molar-refractivity contribution < 1.29 is 9.53 Å². The van der Waals surface area contributed by atoms with E-state index in [0.29, 0.717) is 34.8 Å². The fourth-order valence-corrected chi connectivity index (χ4v) is 3.38. The number of methoxy groups -OCH3 is 1. The molecule has 0 aliphatic heterocycles. The number of hydrogen-bond acceptors (Lipinski definition) is 3. The van der Waals surface area contributed by atoms with Crippen LogP contribution < -0.4 is 10.1 Å². The molecule has 1 N–H and O–H groups in total. The molecule has 138 valence electrons. The number of nitrogens with zero attached hydrogens (tertiary/aromatic N) is 1. The van der Waals surface area contributed by atoms with Crippen LogP contribution in [0.3, 0.4) is 0 Å². The first-order chi connectivity index (χ1) is 12.5. The molecule has 6 heteroatoms. The molecule has 1 unspecified atom stereocenters. The molecule has 1 fully saturated rings. The van der Waals surface area contributed by atoms with Gasteiger partial charge in [-0.2, -0.15) is 0 Å². The van der Waals surface area contributed by atoms with Crippen molar-refractivity contribution in [2.75, 3.05) is 7.11 Å². The summed E-state index contributed by atoms with van der Waals surface area (Å²) in [6.07, 6.45) is 4.94. The Balaban J connectivity index is 1.72. The number of benzene rings is 1. The Kier molecular flexibility index (Phi) is 6.05. The Morgan fingerprint density at radius 1 is 1.31 bits per heavy atom. The number of halogens is 2. The van der Waals surface area contributed by atoms with E-state index in [9.17, 15) is 4.79 Å². The molecule has 0 saturated heterocycles. The summed E-state index contributed by atoms with van der Waals surface area (Å²) < 4.78 is 5.34. The van der Waals surface area contributed by atoms with Gasteiger partial charge in [0.05, 0.1) is 23.1 Å². The van der Waals surface area contributed by atoms with E-state index in [2.05, 4.69) is 16.4 Å². The highest BCUT2D eigenvalue weighted by Gasteiger charge is 2.25. The first-order valence-corrected chi connectivity index (χ1v) is 9.54. The maximum Gasteiger partial charge on any atom is 0.227 e. The Morgan fingerprint density at radius 3 is 2.69 bits per heavy atom. The molecule has 1 heterocycles. The average molecular weight is 393 g/mol. The molecule has 4 nitrogen and oxygen atoms in total. The number of nitrogens with one attached hydrogen (secondary N) is 1. The van der Waals surface area contributed by atoms with E-state index in [0.717, 1.165) is 11.1 Å². The molecule has 1 aromatic carbocycles. The number of amides is 1. The fourth-order valence-electron chi connectivity index (χ4n) is 3.07. The minimum Gasteiger partial charge on any atom is -0.481 e. The topological polar surface area (TPSA) is 51.2 Å². The monoisotopic (exact) mass is 392 g/mol. The van der Waals surface area contributed by atoms with Crippen LogP contribution in [-0.2, 0) is 11.3 Å². The van der Waals surface area contributed by atoms with Crippen LogP contribution in [0.5, 0.6) is 5.88 Å². The zero-order chi connectivity index (χ0) is 18.7. The van der Waals surface area contributed by atoms with Crippen LogP contribution in [0.25, 0.3) is 0 Å². The van der Waals surface area contributed by atoms with Crippen molar-refractivity contribution in [1.29, 1.82) is 0 Å². The predicted molar refractivity (Wildman–Crippen MR) is 104 cm³/mol. The third-order valence-electron chi connectivity index (χ3n) is 4.71. The normalized spacial score (nSPS) is 14.8. The third-order valence-corrected chi connectivity index (χ3v) is 5.45. The number of pyridine rings is 1. The van der Waals surface area contributed by atoms with E-state index in [1.165, 1.54) is 18.4 Å². The molecular weight excluding hydrogens is 371 g/mol. The molecule has 1 aromatic heterocycles. The number of aromatic nitrogens is 1. The number of rotatable bonds is 7. The average Bonchev–Trinajstić information content (AvgIpc) is 3.48. The van der Waals surface area contributed by atoms with Gasteiger partial charge < -0.3 is 10.1 Å². The van der Waals surface area contributed by atoms with Crippen molar-refractivity contribution in [3.63, 3.8) is 0 Å². The van der Waals surface area contributed by atoms with Crippen LogP contribution in [0.2, 0.25) is 10.0 Å². The van der Waals surface area contributed by atoms with Crippen molar-refractivity contribution in [2.24, 2.45) is 0 Å². The highest BCUT2D eigenvalue weighted by atomic mass is 35.5. The van der Waals surface area contributed by atoms with E-state index in [-0.39, 0.29) is 11.8 Å². The molecule has 1 aliphatic rings. The van der Waals surface area contributed by atoms with Gasteiger partial charge in [0.15, 0.2) is 0 Å². The van der Waals surface area contributed by atoms with Crippen molar-refractivity contribution >= 4 is 29.1 Å². The molecule has 1 saturated carbocycles. The minimum atomic E-state index is -0.282. The summed E-state index contributed by atoms with van der Waals surface area (Å²) in [5.41, 5.74) is 2.97. The standard InChI is InChI=1S/C20H22Cl2N2O2/c1-3-16(13-6-7-17(21)18(22)9-13)19(25)23-11-15-8-14(12-4-5-12)10-24-20(15)26-2/h6-10,12,16H,3-5,11H2,1-2H3,(H,23,25). The number of ether oxygens (including phenoxy) is 1. The van der Waals surface area contributed by atoms with E-state index >= 15 is 0 Å². The fraction of sp³-hybridized carbons (Fsp3) is 0.400. The van der Waals surface area contributed by atoms with Gasteiger partial charge in [0.2, 0.25) is 11.8 Å². The van der Waals surface area contributed by atoms with Gasteiger partial charge in [-0.3, -0.25) is 4.79 Å². The lowest BCUT2D eigenvalue weighted by atomic mass is 9.95. The molecule has 26 heavy (non-hydrogen) atoms. The Labute approximate surface area is 163 Å². The molecule has 3 rings (SSSR count). The van der Waals surface area contributed by atoms with Crippen LogP contribution in [0.4, 0.5) is 0 Å². The summed E-state index contributed by atoms with van der Waals surface area (Å²) >= 11 is 12.1. The highest BCUT2D eigenvalue weighted by molar-refractivity contribution is 6.42. The van der Waals surface area contributed by atoms with E-state index in [1.807, 2.05) is 19.2 Å². The van der Waals surface area contributed by atoms with Crippen molar-refractivity contribution in [3.05, 3.63) is 57.2 Å². The molecule has 1 aliphatic carbocycles. The zero-order valence-electron chi connectivity index (χ0n) is 14.9. The van der Waals surface area contributed by atoms with Gasteiger partial charge in [0.1, 0.15) is 0 Å². The number of hydrogen-bond donors (Lipinski definition) is 1. The van der Waals surface area contributed by atoms with Crippen molar-refractivity contribution in [1.82, 2.24) is 10.3 Å². The predicted octanol–water partition coefficient (Wildman–Crippen LogP) is 5.08. The molecular formula is C20H22Cl2N2O2. The smallest absolute Gasteiger partial charge is 0.227 e. The van der Waals surface area contributed by atoms with Crippen LogP contribution in [-0.4, -0.2) is 18.0 Å². The van der Waals surface area contributed by atoms with Gasteiger partial charge in [-0.15, -0.1) is 0 Å². The quantitative estimate of drug-likeness (QED) is 0.713. The molecule has 0 spiro atoms. The van der Waals surface area contributed by atoms with Gasteiger partial charge in [-0.25, -0.2) is 4.98 Å². The largest absolute Gasteiger partial charge is 0.481 e. The van der Waals surface area contributed by atoms with Gasteiger partial charge >= 0.3 is 0 Å². The number of carbonyl (C=O) groups is 1. The summed E-state index contributed by atoms with van der Waals surface area (Å²) in [5, 5.41) is 3.95. The van der Waals surface area contributed by atoms with Crippen molar-refractivity contribution in [3.8, 4) is 5.88 Å². The van der Waals surface area contributed by atoms with Crippen molar-refractivity contribution in [2.45, 2.75) is 44.6 Å². The highest BCUT2D eigenvalue weighted by Crippen LogP contribution is 2.40. The maximum atomic E-state index is 12.7.